The van der Waals surface area contributed by atoms with Crippen molar-refractivity contribution in [3.8, 4) is 0 Å². The molecule has 1 amide bonds. The first kappa shape index (κ1) is 20.8. The number of piperidine rings is 1. The Morgan fingerprint density at radius 3 is 2.29 bits per heavy atom. The highest BCUT2D eigenvalue weighted by Gasteiger charge is 2.31. The highest BCUT2D eigenvalue weighted by Crippen LogP contribution is 2.24. The Kier molecular flexibility index (Phi) is 6.75. The molecule has 150 valence electrons. The molecule has 0 unspecified atom stereocenters. The number of sulfonamides is 1. The number of carbonyl (C=O) groups excluding carboxylic acids is 1. The molecule has 0 saturated carbocycles. The first-order chi connectivity index (χ1) is 13.4. The predicted octanol–water partition coefficient (Wildman–Crippen LogP) is 3.41. The number of aryl methyl sites for hydroxylation is 1. The van der Waals surface area contributed by atoms with Crippen molar-refractivity contribution in [1.82, 2.24) is 9.62 Å². The summed E-state index contributed by atoms with van der Waals surface area (Å²) in [7, 11) is -3.49. The zero-order chi connectivity index (χ0) is 20.1. The van der Waals surface area contributed by atoms with E-state index in [1.165, 1.54) is 4.31 Å². The van der Waals surface area contributed by atoms with Gasteiger partial charge in [-0.25, -0.2) is 8.42 Å². The van der Waals surface area contributed by atoms with E-state index in [9.17, 15) is 13.2 Å². The van der Waals surface area contributed by atoms with Crippen LogP contribution in [0.5, 0.6) is 0 Å². The summed E-state index contributed by atoms with van der Waals surface area (Å²) in [6.45, 7) is 3.22. The number of rotatable bonds is 6. The molecule has 0 aromatic heterocycles. The molecule has 2 aromatic rings. The van der Waals surface area contributed by atoms with Crippen molar-refractivity contribution in [2.75, 3.05) is 19.6 Å². The van der Waals surface area contributed by atoms with Crippen LogP contribution in [0.3, 0.4) is 0 Å². The van der Waals surface area contributed by atoms with Crippen LogP contribution in [0.4, 0.5) is 0 Å². The second-order valence-electron chi connectivity index (χ2n) is 7.16. The average molecular weight is 421 g/mol. The Morgan fingerprint density at radius 1 is 1.07 bits per heavy atom. The molecule has 28 heavy (non-hydrogen) atoms. The van der Waals surface area contributed by atoms with Crippen molar-refractivity contribution in [2.45, 2.75) is 31.1 Å². The highest BCUT2D eigenvalue weighted by molar-refractivity contribution is 7.89. The van der Waals surface area contributed by atoms with Crippen molar-refractivity contribution in [3.05, 3.63) is 64.7 Å². The summed E-state index contributed by atoms with van der Waals surface area (Å²) in [4.78, 5) is 12.7. The van der Waals surface area contributed by atoms with Gasteiger partial charge in [0.25, 0.3) is 0 Å². The normalized spacial score (nSPS) is 16.1. The summed E-state index contributed by atoms with van der Waals surface area (Å²) < 4.78 is 27.0. The molecule has 1 aliphatic heterocycles. The van der Waals surface area contributed by atoms with E-state index in [1.807, 2.05) is 31.2 Å². The molecule has 1 aliphatic rings. The van der Waals surface area contributed by atoms with E-state index >= 15 is 0 Å². The van der Waals surface area contributed by atoms with E-state index in [0.717, 1.165) is 17.5 Å². The van der Waals surface area contributed by atoms with E-state index in [0.29, 0.717) is 42.4 Å². The Labute approximate surface area is 171 Å². The van der Waals surface area contributed by atoms with Gasteiger partial charge in [-0.1, -0.05) is 41.4 Å². The number of halogens is 1. The number of hydrogen-bond acceptors (Lipinski definition) is 3. The zero-order valence-corrected chi connectivity index (χ0v) is 17.5. The largest absolute Gasteiger partial charge is 0.356 e. The fourth-order valence-corrected chi connectivity index (χ4v) is 4.94. The number of benzene rings is 2. The minimum atomic E-state index is -3.49. The Bertz CT molecular complexity index is 904. The van der Waals surface area contributed by atoms with Crippen molar-refractivity contribution in [3.63, 3.8) is 0 Å². The number of hydrogen-bond donors (Lipinski definition) is 1. The minimum Gasteiger partial charge on any atom is -0.356 e. The van der Waals surface area contributed by atoms with Gasteiger partial charge < -0.3 is 5.32 Å². The van der Waals surface area contributed by atoms with Crippen LogP contribution in [0.15, 0.2) is 53.4 Å². The van der Waals surface area contributed by atoms with Gasteiger partial charge in [-0.05, 0) is 56.0 Å². The van der Waals surface area contributed by atoms with Crippen LogP contribution in [0, 0.1) is 12.8 Å². The molecule has 5 nitrogen and oxygen atoms in total. The first-order valence-electron chi connectivity index (χ1n) is 9.45. The SMILES string of the molecule is Cc1ccc(S(=O)(=O)N2CCC(C(=O)NCCc3ccc(Cl)cc3)CC2)cc1. The molecule has 0 radical (unpaired) electrons. The van der Waals surface area contributed by atoms with Crippen LogP contribution in [0.25, 0.3) is 0 Å². The topological polar surface area (TPSA) is 66.5 Å². The molecule has 3 rings (SSSR count). The molecule has 1 N–H and O–H groups in total. The third-order valence-corrected chi connectivity index (χ3v) is 7.27. The maximum atomic E-state index is 12.7. The molecule has 0 atom stereocenters. The smallest absolute Gasteiger partial charge is 0.243 e. The first-order valence-corrected chi connectivity index (χ1v) is 11.3. The lowest BCUT2D eigenvalue weighted by molar-refractivity contribution is -0.126. The predicted molar refractivity (Wildman–Crippen MR) is 111 cm³/mol. The van der Waals surface area contributed by atoms with Crippen LogP contribution < -0.4 is 5.32 Å². The number of carbonyl (C=O) groups is 1. The maximum Gasteiger partial charge on any atom is 0.243 e. The van der Waals surface area contributed by atoms with Crippen molar-refractivity contribution in [2.24, 2.45) is 5.92 Å². The molecule has 0 spiro atoms. The lowest BCUT2D eigenvalue weighted by Gasteiger charge is -2.30. The standard InChI is InChI=1S/C21H25ClN2O3S/c1-16-2-8-20(9-3-16)28(26,27)24-14-11-18(12-15-24)21(25)23-13-10-17-4-6-19(22)7-5-17/h2-9,18H,10-15H2,1H3,(H,23,25). The van der Waals surface area contributed by atoms with Crippen LogP contribution >= 0.6 is 11.6 Å². The summed E-state index contributed by atoms with van der Waals surface area (Å²) in [6.07, 6.45) is 1.82. The minimum absolute atomic E-state index is 0.00125. The number of nitrogens with one attached hydrogen (secondary N) is 1. The van der Waals surface area contributed by atoms with Crippen LogP contribution in [-0.4, -0.2) is 38.3 Å². The van der Waals surface area contributed by atoms with Gasteiger partial charge in [0.1, 0.15) is 0 Å². The van der Waals surface area contributed by atoms with Crippen LogP contribution in [0.1, 0.15) is 24.0 Å². The summed E-state index contributed by atoms with van der Waals surface area (Å²) in [5, 5.41) is 3.66. The van der Waals surface area contributed by atoms with E-state index in [2.05, 4.69) is 5.32 Å². The Morgan fingerprint density at radius 2 is 1.68 bits per heavy atom. The molecule has 1 heterocycles. The van der Waals surface area contributed by atoms with Gasteiger partial charge in [0.2, 0.25) is 15.9 Å². The maximum absolute atomic E-state index is 12.7. The van der Waals surface area contributed by atoms with Crippen molar-refractivity contribution < 1.29 is 13.2 Å². The van der Waals surface area contributed by atoms with Crippen LogP contribution in [-0.2, 0) is 21.2 Å². The second-order valence-corrected chi connectivity index (χ2v) is 9.53. The molecule has 0 bridgehead atoms. The molecular formula is C21H25ClN2O3S. The van der Waals surface area contributed by atoms with Crippen molar-refractivity contribution >= 4 is 27.5 Å². The molecular weight excluding hydrogens is 396 g/mol. The quantitative estimate of drug-likeness (QED) is 0.778. The molecule has 1 fully saturated rings. The monoisotopic (exact) mass is 420 g/mol. The summed E-state index contributed by atoms with van der Waals surface area (Å²) in [5.41, 5.74) is 2.14. The van der Waals surface area contributed by atoms with Gasteiger partial charge >= 0.3 is 0 Å². The highest BCUT2D eigenvalue weighted by atomic mass is 35.5. The zero-order valence-electron chi connectivity index (χ0n) is 15.9. The lowest BCUT2D eigenvalue weighted by atomic mass is 9.97. The lowest BCUT2D eigenvalue weighted by Crippen LogP contribution is -2.43. The average Bonchev–Trinajstić information content (AvgIpc) is 2.70. The molecule has 0 aliphatic carbocycles. The summed E-state index contributed by atoms with van der Waals surface area (Å²) >= 11 is 5.87. The molecule has 7 heteroatoms. The van der Waals surface area contributed by atoms with E-state index in [1.54, 1.807) is 24.3 Å². The third-order valence-electron chi connectivity index (χ3n) is 5.11. The molecule has 2 aromatic carbocycles. The van der Waals surface area contributed by atoms with Crippen LogP contribution in [0.2, 0.25) is 5.02 Å². The Hall–Kier alpha value is -1.89. The van der Waals surface area contributed by atoms with Gasteiger partial charge in [-0.15, -0.1) is 0 Å². The van der Waals surface area contributed by atoms with Gasteiger partial charge in [0.05, 0.1) is 4.90 Å². The van der Waals surface area contributed by atoms with E-state index < -0.39 is 10.0 Å². The number of amides is 1. The van der Waals surface area contributed by atoms with Crippen molar-refractivity contribution in [1.29, 1.82) is 0 Å². The van der Waals surface area contributed by atoms with E-state index in [4.69, 9.17) is 11.6 Å². The van der Waals surface area contributed by atoms with Gasteiger partial charge in [-0.2, -0.15) is 4.31 Å². The number of nitrogens with zero attached hydrogens (tertiary/aromatic N) is 1. The summed E-state index contributed by atoms with van der Waals surface area (Å²) in [5.74, 6) is -0.143. The Balaban J connectivity index is 1.48. The van der Waals surface area contributed by atoms with E-state index in [-0.39, 0.29) is 11.8 Å². The molecule has 1 saturated heterocycles. The second kappa shape index (κ2) is 9.07. The van der Waals surface area contributed by atoms with Gasteiger partial charge in [-0.3, -0.25) is 4.79 Å². The van der Waals surface area contributed by atoms with Gasteiger partial charge in [0.15, 0.2) is 0 Å². The fraction of sp³-hybridized carbons (Fsp3) is 0.381. The van der Waals surface area contributed by atoms with Gasteiger partial charge in [0, 0.05) is 30.6 Å². The third kappa shape index (κ3) is 5.13. The fourth-order valence-electron chi connectivity index (χ4n) is 3.34. The summed E-state index contributed by atoms with van der Waals surface area (Å²) in [6, 6.07) is 14.4.